The monoisotopic (exact) mass is 153 g/mol. The van der Waals surface area contributed by atoms with Crippen LogP contribution in [0.25, 0.3) is 0 Å². The Bertz CT molecular complexity index is 164. The van der Waals surface area contributed by atoms with Crippen LogP contribution >= 0.6 is 0 Å². The lowest BCUT2D eigenvalue weighted by molar-refractivity contribution is 0.731. The highest BCUT2D eigenvalue weighted by Gasteiger charge is 1.99. The van der Waals surface area contributed by atoms with E-state index in [9.17, 15) is 0 Å². The molecule has 1 nitrogen and oxygen atoms in total. The molecule has 0 saturated carbocycles. The zero-order valence-electron chi connectivity index (χ0n) is 8.02. The molecule has 0 saturated heterocycles. The van der Waals surface area contributed by atoms with Crippen molar-refractivity contribution in [2.24, 2.45) is 11.7 Å². The van der Waals surface area contributed by atoms with Gasteiger partial charge in [0.25, 0.3) is 0 Å². The molecule has 64 valence electrons. The molecule has 0 aromatic heterocycles. The maximum atomic E-state index is 5.37. The van der Waals surface area contributed by atoms with Gasteiger partial charge in [0.15, 0.2) is 0 Å². The van der Waals surface area contributed by atoms with E-state index in [4.69, 9.17) is 5.73 Å². The van der Waals surface area contributed by atoms with Crippen molar-refractivity contribution in [2.75, 3.05) is 0 Å². The van der Waals surface area contributed by atoms with Crippen molar-refractivity contribution < 1.29 is 0 Å². The van der Waals surface area contributed by atoms with Crippen LogP contribution in [0.15, 0.2) is 23.4 Å². The lowest BCUT2D eigenvalue weighted by atomic mass is 9.99. The van der Waals surface area contributed by atoms with Crippen LogP contribution < -0.4 is 5.73 Å². The highest BCUT2D eigenvalue weighted by Crippen LogP contribution is 2.15. The van der Waals surface area contributed by atoms with Crippen molar-refractivity contribution in [2.45, 2.75) is 34.1 Å². The maximum Gasteiger partial charge on any atom is -0.00326 e. The van der Waals surface area contributed by atoms with Gasteiger partial charge in [-0.3, -0.25) is 0 Å². The molecule has 0 fully saturated rings. The highest BCUT2D eigenvalue weighted by atomic mass is 14.5. The van der Waals surface area contributed by atoms with Gasteiger partial charge in [-0.15, -0.1) is 0 Å². The molecule has 0 aromatic rings. The molecule has 0 rings (SSSR count). The van der Waals surface area contributed by atoms with Crippen LogP contribution in [0.3, 0.4) is 0 Å². The first kappa shape index (κ1) is 10.3. The quantitative estimate of drug-likeness (QED) is 0.620. The van der Waals surface area contributed by atoms with Crippen molar-refractivity contribution >= 4 is 0 Å². The Morgan fingerprint density at radius 3 is 2.27 bits per heavy atom. The van der Waals surface area contributed by atoms with Gasteiger partial charge in [-0.25, -0.2) is 0 Å². The number of hydrogen-bond acceptors (Lipinski definition) is 1. The van der Waals surface area contributed by atoms with E-state index in [0.29, 0.717) is 5.92 Å². The van der Waals surface area contributed by atoms with Gasteiger partial charge < -0.3 is 5.73 Å². The number of rotatable bonds is 3. The summed E-state index contributed by atoms with van der Waals surface area (Å²) >= 11 is 0. The first-order chi connectivity index (χ1) is 5.11. The lowest BCUT2D eigenvalue weighted by Gasteiger charge is -2.08. The molecule has 0 aliphatic carbocycles. The molecule has 0 aliphatic heterocycles. The van der Waals surface area contributed by atoms with E-state index in [-0.39, 0.29) is 0 Å². The second kappa shape index (κ2) is 5.00. The van der Waals surface area contributed by atoms with Crippen molar-refractivity contribution in [3.05, 3.63) is 23.4 Å². The van der Waals surface area contributed by atoms with Gasteiger partial charge in [0, 0.05) is 0 Å². The lowest BCUT2D eigenvalue weighted by Crippen LogP contribution is -1.93. The first-order valence-corrected chi connectivity index (χ1v) is 4.20. The Morgan fingerprint density at radius 2 is 2.00 bits per heavy atom. The Hall–Kier alpha value is -0.720. The summed E-state index contributed by atoms with van der Waals surface area (Å²) in [4.78, 5) is 0. The zero-order valence-corrected chi connectivity index (χ0v) is 8.02. The normalized spacial score (nSPS) is 14.3. The summed E-state index contributed by atoms with van der Waals surface area (Å²) in [6.07, 6.45) is 4.94. The van der Waals surface area contributed by atoms with Crippen LogP contribution in [0.1, 0.15) is 34.1 Å². The number of nitrogens with two attached hydrogens (primary N) is 1. The van der Waals surface area contributed by atoms with E-state index < -0.39 is 0 Å². The van der Waals surface area contributed by atoms with Crippen molar-refractivity contribution in [1.29, 1.82) is 0 Å². The second-order valence-corrected chi connectivity index (χ2v) is 3.14. The first-order valence-electron chi connectivity index (χ1n) is 4.20. The summed E-state index contributed by atoms with van der Waals surface area (Å²) in [6, 6.07) is 0. The zero-order chi connectivity index (χ0) is 8.85. The standard InChI is InChI=1S/C10H19N/c1-5-10(8(2)3)6-9(4)7-11/h6-8H,5,11H2,1-4H3/b9-7+,10-6+. The van der Waals surface area contributed by atoms with Gasteiger partial charge in [-0.1, -0.05) is 32.4 Å². The summed E-state index contributed by atoms with van der Waals surface area (Å²) < 4.78 is 0. The minimum Gasteiger partial charge on any atom is -0.404 e. The molecular formula is C10H19N. The predicted molar refractivity (Wildman–Crippen MR) is 51.2 cm³/mol. The summed E-state index contributed by atoms with van der Waals surface area (Å²) in [5.74, 6) is 0.634. The van der Waals surface area contributed by atoms with Gasteiger partial charge in [0.05, 0.1) is 0 Å². The van der Waals surface area contributed by atoms with E-state index >= 15 is 0 Å². The minimum absolute atomic E-state index is 0.634. The fraction of sp³-hybridized carbons (Fsp3) is 0.600. The Morgan fingerprint density at radius 1 is 1.45 bits per heavy atom. The van der Waals surface area contributed by atoms with Gasteiger partial charge in [-0.05, 0) is 31.0 Å². The van der Waals surface area contributed by atoms with E-state index in [1.165, 1.54) is 5.57 Å². The molecule has 0 amide bonds. The second-order valence-electron chi connectivity index (χ2n) is 3.14. The number of allylic oxidation sites excluding steroid dienone is 3. The molecular weight excluding hydrogens is 134 g/mol. The Labute approximate surface area is 70.0 Å². The molecule has 0 unspecified atom stereocenters. The van der Waals surface area contributed by atoms with Crippen molar-refractivity contribution in [3.8, 4) is 0 Å². The van der Waals surface area contributed by atoms with Gasteiger partial charge in [-0.2, -0.15) is 0 Å². The molecule has 0 spiro atoms. The average molecular weight is 153 g/mol. The fourth-order valence-corrected chi connectivity index (χ4v) is 1.02. The van der Waals surface area contributed by atoms with E-state index in [1.807, 2.05) is 6.92 Å². The third kappa shape index (κ3) is 3.87. The molecule has 0 radical (unpaired) electrons. The van der Waals surface area contributed by atoms with Crippen LogP contribution in [-0.4, -0.2) is 0 Å². The fourth-order valence-electron chi connectivity index (χ4n) is 1.02. The topological polar surface area (TPSA) is 26.0 Å². The molecule has 0 heterocycles. The minimum atomic E-state index is 0.634. The maximum absolute atomic E-state index is 5.37. The molecule has 1 heteroatoms. The summed E-state index contributed by atoms with van der Waals surface area (Å²) in [6.45, 7) is 8.62. The molecule has 0 atom stereocenters. The summed E-state index contributed by atoms with van der Waals surface area (Å²) in [5, 5.41) is 0. The van der Waals surface area contributed by atoms with Crippen LogP contribution in [-0.2, 0) is 0 Å². The van der Waals surface area contributed by atoms with E-state index in [2.05, 4.69) is 26.8 Å². The molecule has 11 heavy (non-hydrogen) atoms. The van der Waals surface area contributed by atoms with E-state index in [1.54, 1.807) is 6.20 Å². The molecule has 2 N–H and O–H groups in total. The van der Waals surface area contributed by atoms with Crippen molar-refractivity contribution in [3.63, 3.8) is 0 Å². The summed E-state index contributed by atoms with van der Waals surface area (Å²) in [5.41, 5.74) is 7.98. The van der Waals surface area contributed by atoms with Crippen LogP contribution in [0.5, 0.6) is 0 Å². The van der Waals surface area contributed by atoms with Gasteiger partial charge in [0.1, 0.15) is 0 Å². The Balaban J connectivity index is 4.35. The molecule has 0 bridgehead atoms. The van der Waals surface area contributed by atoms with Crippen LogP contribution in [0.2, 0.25) is 0 Å². The smallest absolute Gasteiger partial charge is 0.00326 e. The average Bonchev–Trinajstić information content (AvgIpc) is 1.99. The van der Waals surface area contributed by atoms with Gasteiger partial charge >= 0.3 is 0 Å². The number of hydrogen-bond donors (Lipinski definition) is 1. The van der Waals surface area contributed by atoms with Crippen molar-refractivity contribution in [1.82, 2.24) is 0 Å². The predicted octanol–water partition coefficient (Wildman–Crippen LogP) is 2.84. The van der Waals surface area contributed by atoms with Crippen LogP contribution in [0, 0.1) is 5.92 Å². The molecule has 0 aliphatic rings. The summed E-state index contributed by atoms with van der Waals surface area (Å²) in [7, 11) is 0. The SMILES string of the molecule is CC/C(=C\C(C)=C\N)C(C)C. The largest absolute Gasteiger partial charge is 0.404 e. The van der Waals surface area contributed by atoms with Gasteiger partial charge in [0.2, 0.25) is 0 Å². The Kier molecular flexibility index (Phi) is 4.67. The third-order valence-corrected chi connectivity index (χ3v) is 1.83. The van der Waals surface area contributed by atoms with Crippen LogP contribution in [0.4, 0.5) is 0 Å². The highest BCUT2D eigenvalue weighted by molar-refractivity contribution is 5.21. The third-order valence-electron chi connectivity index (χ3n) is 1.83. The van der Waals surface area contributed by atoms with E-state index in [0.717, 1.165) is 12.0 Å². The molecule has 0 aromatic carbocycles.